The van der Waals surface area contributed by atoms with Crippen molar-refractivity contribution in [1.29, 1.82) is 0 Å². The maximum Gasteiger partial charge on any atom is 0.304 e. The Morgan fingerprint density at radius 2 is 2.05 bits per heavy atom. The van der Waals surface area contributed by atoms with Gasteiger partial charge >= 0.3 is 5.69 Å². The average molecular weight is 265 g/mol. The molecule has 3 N–H and O–H groups in total. The minimum atomic E-state index is -0.629. The second kappa shape index (κ2) is 6.17. The summed E-state index contributed by atoms with van der Waals surface area (Å²) in [5, 5.41) is 13.6. The highest BCUT2D eigenvalue weighted by Crippen LogP contribution is 2.25. The summed E-state index contributed by atoms with van der Waals surface area (Å²) in [7, 11) is 0. The summed E-state index contributed by atoms with van der Waals surface area (Å²) in [4.78, 5) is 22.3. The van der Waals surface area contributed by atoms with E-state index in [1.807, 2.05) is 6.92 Å². The maximum absolute atomic E-state index is 12.0. The molecule has 0 radical (unpaired) electrons. The molecular formula is C13H19N3O3. The number of benzene rings is 1. The molecule has 0 aromatic heterocycles. The molecule has 0 aliphatic carbocycles. The molecule has 0 heterocycles. The van der Waals surface area contributed by atoms with Gasteiger partial charge in [0.1, 0.15) is 11.3 Å². The zero-order valence-corrected chi connectivity index (χ0v) is 11.3. The number of para-hydroxylation sites is 1. The van der Waals surface area contributed by atoms with Crippen LogP contribution in [0.1, 0.15) is 31.1 Å². The average Bonchev–Trinajstić information content (AvgIpc) is 2.34. The number of carbonyl (C=O) groups is 1. The number of hydrogen-bond acceptors (Lipinski definition) is 4. The van der Waals surface area contributed by atoms with Gasteiger partial charge in [-0.25, -0.2) is 0 Å². The van der Waals surface area contributed by atoms with Gasteiger partial charge in [-0.05, 0) is 24.0 Å². The van der Waals surface area contributed by atoms with Crippen molar-refractivity contribution in [3.63, 3.8) is 0 Å². The lowest BCUT2D eigenvalue weighted by atomic mass is 9.98. The molecule has 6 nitrogen and oxygen atoms in total. The van der Waals surface area contributed by atoms with Crippen LogP contribution < -0.4 is 11.1 Å². The second-order valence-corrected chi connectivity index (χ2v) is 4.93. The van der Waals surface area contributed by atoms with E-state index in [2.05, 4.69) is 19.2 Å². The Morgan fingerprint density at radius 3 is 2.58 bits per heavy atom. The third kappa shape index (κ3) is 3.67. The van der Waals surface area contributed by atoms with Crippen LogP contribution in [-0.4, -0.2) is 17.4 Å². The number of anilines is 1. The molecule has 104 valence electrons. The van der Waals surface area contributed by atoms with Crippen LogP contribution in [0, 0.1) is 22.0 Å². The predicted molar refractivity (Wildman–Crippen MR) is 73.8 cm³/mol. The minimum Gasteiger partial charge on any atom is -0.393 e. The third-order valence-corrected chi connectivity index (χ3v) is 3.22. The predicted octanol–water partition coefficient (Wildman–Crippen LogP) is 2.20. The normalized spacial score (nSPS) is 12.2. The molecule has 0 spiro atoms. The molecule has 1 amide bonds. The Hall–Kier alpha value is -2.11. The topological polar surface area (TPSA) is 98.3 Å². The van der Waals surface area contributed by atoms with Crippen molar-refractivity contribution in [3.8, 4) is 0 Å². The van der Waals surface area contributed by atoms with Crippen molar-refractivity contribution in [3.05, 3.63) is 33.9 Å². The smallest absolute Gasteiger partial charge is 0.304 e. The summed E-state index contributed by atoms with van der Waals surface area (Å²) in [5.41, 5.74) is 5.20. The summed E-state index contributed by atoms with van der Waals surface area (Å²) in [6.07, 6.45) is 0. The number of rotatable bonds is 5. The Bertz CT molecular complexity index is 486. The van der Waals surface area contributed by atoms with E-state index in [-0.39, 0.29) is 16.9 Å². The number of carbonyl (C=O) groups excluding carboxylic acids is 1. The summed E-state index contributed by atoms with van der Waals surface area (Å²) in [5.74, 6) is 0.256. The molecule has 6 heteroatoms. The number of nitrogens with two attached hydrogens (primary N) is 1. The Labute approximate surface area is 112 Å². The van der Waals surface area contributed by atoms with Crippen LogP contribution in [0.25, 0.3) is 0 Å². The molecule has 0 fully saturated rings. The first kappa shape index (κ1) is 14.9. The number of nitrogen functional groups attached to an aromatic ring is 1. The van der Waals surface area contributed by atoms with E-state index in [1.54, 1.807) is 0 Å². The fraction of sp³-hybridized carbons (Fsp3) is 0.462. The van der Waals surface area contributed by atoms with Crippen LogP contribution in [0.4, 0.5) is 11.4 Å². The Kier molecular flexibility index (Phi) is 4.86. The third-order valence-electron chi connectivity index (χ3n) is 3.22. The highest BCUT2D eigenvalue weighted by Gasteiger charge is 2.23. The number of nitrogens with zero attached hydrogens (tertiary/aromatic N) is 1. The fourth-order valence-corrected chi connectivity index (χ4v) is 1.53. The van der Waals surface area contributed by atoms with E-state index in [9.17, 15) is 14.9 Å². The molecule has 0 aliphatic rings. The number of nitro benzene ring substituents is 1. The van der Waals surface area contributed by atoms with Crippen LogP contribution >= 0.6 is 0 Å². The number of nitrogens with one attached hydrogen (secondary N) is 1. The van der Waals surface area contributed by atoms with Gasteiger partial charge in [0.05, 0.1) is 4.92 Å². The lowest BCUT2D eigenvalue weighted by Crippen LogP contribution is -2.30. The van der Waals surface area contributed by atoms with Gasteiger partial charge in [0.2, 0.25) is 0 Å². The van der Waals surface area contributed by atoms with Crippen LogP contribution in [0.5, 0.6) is 0 Å². The van der Waals surface area contributed by atoms with E-state index < -0.39 is 10.8 Å². The highest BCUT2D eigenvalue weighted by atomic mass is 16.6. The van der Waals surface area contributed by atoms with Gasteiger partial charge in [-0.3, -0.25) is 14.9 Å². The summed E-state index contributed by atoms with van der Waals surface area (Å²) < 4.78 is 0. The Morgan fingerprint density at radius 1 is 1.42 bits per heavy atom. The Balaban J connectivity index is 2.89. The molecule has 0 bridgehead atoms. The van der Waals surface area contributed by atoms with Gasteiger partial charge in [0, 0.05) is 6.54 Å². The SMILES string of the molecule is CC(C)C(C)CNC(=O)c1cccc(N)c1[N+](=O)[O-]. The zero-order valence-electron chi connectivity index (χ0n) is 11.3. The van der Waals surface area contributed by atoms with Crippen molar-refractivity contribution < 1.29 is 9.72 Å². The first-order valence-corrected chi connectivity index (χ1v) is 6.15. The molecule has 1 rings (SSSR count). The van der Waals surface area contributed by atoms with E-state index in [0.29, 0.717) is 18.4 Å². The summed E-state index contributed by atoms with van der Waals surface area (Å²) in [6.45, 7) is 6.60. The van der Waals surface area contributed by atoms with Crippen LogP contribution in [0.3, 0.4) is 0 Å². The van der Waals surface area contributed by atoms with E-state index in [1.165, 1.54) is 18.2 Å². The molecule has 0 saturated carbocycles. The lowest BCUT2D eigenvalue weighted by molar-refractivity contribution is -0.384. The van der Waals surface area contributed by atoms with Gasteiger partial charge in [0.15, 0.2) is 0 Å². The van der Waals surface area contributed by atoms with Crippen LogP contribution in [-0.2, 0) is 0 Å². The second-order valence-electron chi connectivity index (χ2n) is 4.93. The monoisotopic (exact) mass is 265 g/mol. The van der Waals surface area contributed by atoms with E-state index in [0.717, 1.165) is 0 Å². The van der Waals surface area contributed by atoms with Gasteiger partial charge in [0.25, 0.3) is 5.91 Å². The standard InChI is InChI=1S/C13H19N3O3/c1-8(2)9(3)7-15-13(17)10-5-4-6-11(14)12(10)16(18)19/h4-6,8-9H,7,14H2,1-3H3,(H,15,17). The maximum atomic E-state index is 12.0. The molecule has 0 saturated heterocycles. The van der Waals surface area contributed by atoms with Crippen LogP contribution in [0.15, 0.2) is 18.2 Å². The van der Waals surface area contributed by atoms with Crippen molar-refractivity contribution in [1.82, 2.24) is 5.32 Å². The molecule has 19 heavy (non-hydrogen) atoms. The highest BCUT2D eigenvalue weighted by molar-refractivity contribution is 6.00. The molecule has 0 aliphatic heterocycles. The van der Waals surface area contributed by atoms with E-state index in [4.69, 9.17) is 5.73 Å². The summed E-state index contributed by atoms with van der Waals surface area (Å²) >= 11 is 0. The molecule has 1 aromatic rings. The van der Waals surface area contributed by atoms with Gasteiger partial charge in [-0.2, -0.15) is 0 Å². The molecule has 1 aromatic carbocycles. The number of amides is 1. The first-order chi connectivity index (χ1) is 8.84. The first-order valence-electron chi connectivity index (χ1n) is 6.15. The van der Waals surface area contributed by atoms with Crippen LogP contribution in [0.2, 0.25) is 0 Å². The largest absolute Gasteiger partial charge is 0.393 e. The van der Waals surface area contributed by atoms with Crippen molar-refractivity contribution in [2.45, 2.75) is 20.8 Å². The van der Waals surface area contributed by atoms with Gasteiger partial charge < -0.3 is 11.1 Å². The lowest BCUT2D eigenvalue weighted by Gasteiger charge is -2.16. The molecule has 1 unspecified atom stereocenters. The quantitative estimate of drug-likeness (QED) is 0.484. The fourth-order valence-electron chi connectivity index (χ4n) is 1.53. The van der Waals surface area contributed by atoms with E-state index >= 15 is 0 Å². The zero-order chi connectivity index (χ0) is 14.6. The minimum absolute atomic E-state index is 0.000885. The van der Waals surface area contributed by atoms with Crippen molar-refractivity contribution in [2.24, 2.45) is 11.8 Å². The van der Waals surface area contributed by atoms with Crippen molar-refractivity contribution >= 4 is 17.3 Å². The molecule has 1 atom stereocenters. The number of hydrogen-bond donors (Lipinski definition) is 2. The van der Waals surface area contributed by atoms with Gasteiger partial charge in [-0.15, -0.1) is 0 Å². The summed E-state index contributed by atoms with van der Waals surface area (Å²) in [6, 6.07) is 4.35. The van der Waals surface area contributed by atoms with Crippen molar-refractivity contribution in [2.75, 3.05) is 12.3 Å². The van der Waals surface area contributed by atoms with Gasteiger partial charge in [-0.1, -0.05) is 26.8 Å². The molecular weight excluding hydrogens is 246 g/mol. The number of nitro groups is 1.